The molecule has 0 radical (unpaired) electrons. The Bertz CT molecular complexity index is 865. The number of fused-ring (bicyclic) bond motifs is 1. The van der Waals surface area contributed by atoms with Gasteiger partial charge in [0, 0.05) is 13.1 Å². The largest absolute Gasteiger partial charge is 0.316 e. The molecule has 0 bridgehead atoms. The molecule has 3 rings (SSSR count). The van der Waals surface area contributed by atoms with Crippen LogP contribution in [0.25, 0.3) is 0 Å². The van der Waals surface area contributed by atoms with Crippen LogP contribution in [-0.4, -0.2) is 52.6 Å². The first-order chi connectivity index (χ1) is 11.6. The predicted molar refractivity (Wildman–Crippen MR) is 99.9 cm³/mol. The predicted octanol–water partition coefficient (Wildman–Crippen LogP) is 1.24. The molecule has 148 valence electrons. The number of halogens is 2. The van der Waals surface area contributed by atoms with Crippen LogP contribution >= 0.6 is 12.4 Å². The maximum Gasteiger partial charge on any atom is 0.243 e. The lowest BCUT2D eigenvalue weighted by Gasteiger charge is -2.18. The Morgan fingerprint density at radius 3 is 2.23 bits per heavy atom. The standard InChI is InChI=1S/C15H22FN3O4S2.ClH/c1-10(2)24(20,21)18-15-4-3-13(5-14(15)16)25(22,23)19-8-11-6-17-7-12(11)9-19;/h3-5,10-12,17-18H,6-9H2,1-2H3;1H/t11-,12+;. The average molecular weight is 428 g/mol. The van der Waals surface area contributed by atoms with Gasteiger partial charge in [-0.3, -0.25) is 4.72 Å². The van der Waals surface area contributed by atoms with E-state index in [0.29, 0.717) is 13.1 Å². The van der Waals surface area contributed by atoms with Crippen molar-refractivity contribution < 1.29 is 21.2 Å². The van der Waals surface area contributed by atoms with Gasteiger partial charge < -0.3 is 5.32 Å². The van der Waals surface area contributed by atoms with Crippen molar-refractivity contribution in [2.24, 2.45) is 11.8 Å². The highest BCUT2D eigenvalue weighted by Crippen LogP contribution is 2.31. The molecule has 2 fully saturated rings. The van der Waals surface area contributed by atoms with Gasteiger partial charge in [-0.15, -0.1) is 12.4 Å². The molecule has 26 heavy (non-hydrogen) atoms. The van der Waals surface area contributed by atoms with Gasteiger partial charge >= 0.3 is 0 Å². The summed E-state index contributed by atoms with van der Waals surface area (Å²) in [4.78, 5) is -0.162. The molecule has 11 heteroatoms. The van der Waals surface area contributed by atoms with Crippen molar-refractivity contribution in [1.29, 1.82) is 0 Å². The Hall–Kier alpha value is -0.940. The van der Waals surface area contributed by atoms with Crippen molar-refractivity contribution in [3.05, 3.63) is 24.0 Å². The number of hydrogen-bond donors (Lipinski definition) is 2. The summed E-state index contributed by atoms with van der Waals surface area (Å²) in [6, 6.07) is 3.27. The van der Waals surface area contributed by atoms with Gasteiger partial charge in [-0.25, -0.2) is 21.2 Å². The van der Waals surface area contributed by atoms with Crippen molar-refractivity contribution in [2.75, 3.05) is 30.9 Å². The quantitative estimate of drug-likeness (QED) is 0.737. The minimum atomic E-state index is -3.79. The average Bonchev–Trinajstić information content (AvgIpc) is 3.10. The second-order valence-electron chi connectivity index (χ2n) is 6.84. The monoisotopic (exact) mass is 427 g/mol. The van der Waals surface area contributed by atoms with Crippen molar-refractivity contribution in [3.8, 4) is 0 Å². The van der Waals surface area contributed by atoms with E-state index in [1.54, 1.807) is 0 Å². The zero-order valence-electron chi connectivity index (χ0n) is 14.5. The van der Waals surface area contributed by atoms with E-state index in [-0.39, 0.29) is 34.8 Å². The number of benzene rings is 1. The molecular formula is C15H23ClFN3O4S2. The molecule has 0 aromatic heterocycles. The Balaban J connectivity index is 0.00000243. The third-order valence-corrected chi connectivity index (χ3v) is 8.38. The smallest absolute Gasteiger partial charge is 0.243 e. The van der Waals surface area contributed by atoms with Crippen LogP contribution < -0.4 is 10.0 Å². The molecule has 1 aromatic carbocycles. The van der Waals surface area contributed by atoms with Crippen LogP contribution in [0.4, 0.5) is 10.1 Å². The SMILES string of the molecule is CC(C)S(=O)(=O)Nc1ccc(S(=O)(=O)N2C[C@H]3CNC[C@H]3C2)cc1F.Cl. The number of nitrogens with zero attached hydrogens (tertiary/aromatic N) is 1. The lowest BCUT2D eigenvalue weighted by Crippen LogP contribution is -2.32. The van der Waals surface area contributed by atoms with Gasteiger partial charge in [0.05, 0.1) is 15.8 Å². The van der Waals surface area contributed by atoms with Crippen LogP contribution in [0.3, 0.4) is 0 Å². The highest BCUT2D eigenvalue weighted by Gasteiger charge is 2.41. The highest BCUT2D eigenvalue weighted by atomic mass is 35.5. The van der Waals surface area contributed by atoms with Gasteiger partial charge in [-0.05, 0) is 57.0 Å². The van der Waals surface area contributed by atoms with Crippen LogP contribution in [0.5, 0.6) is 0 Å². The second kappa shape index (κ2) is 7.59. The number of hydrogen-bond acceptors (Lipinski definition) is 5. The minimum Gasteiger partial charge on any atom is -0.316 e. The molecule has 0 amide bonds. The molecule has 7 nitrogen and oxygen atoms in total. The van der Waals surface area contributed by atoms with Gasteiger partial charge in [0.2, 0.25) is 20.0 Å². The van der Waals surface area contributed by atoms with Crippen LogP contribution in [0.1, 0.15) is 13.8 Å². The normalized spacial score (nSPS) is 23.7. The molecule has 2 N–H and O–H groups in total. The minimum absolute atomic E-state index is 0. The summed E-state index contributed by atoms with van der Waals surface area (Å²) in [5.74, 6) is -0.333. The van der Waals surface area contributed by atoms with E-state index in [0.717, 1.165) is 25.2 Å². The summed E-state index contributed by atoms with van der Waals surface area (Å²) in [5.41, 5.74) is -0.254. The van der Waals surface area contributed by atoms with Gasteiger partial charge in [0.1, 0.15) is 5.82 Å². The molecule has 2 aliphatic heterocycles. The van der Waals surface area contributed by atoms with Crippen molar-refractivity contribution in [3.63, 3.8) is 0 Å². The molecule has 0 unspecified atom stereocenters. The zero-order valence-corrected chi connectivity index (χ0v) is 16.9. The molecule has 0 saturated carbocycles. The maximum absolute atomic E-state index is 14.3. The van der Waals surface area contributed by atoms with Gasteiger partial charge in [0.25, 0.3) is 0 Å². The first-order valence-corrected chi connectivity index (χ1v) is 11.1. The van der Waals surface area contributed by atoms with Gasteiger partial charge in [-0.1, -0.05) is 0 Å². The Kier molecular flexibility index (Phi) is 6.23. The third kappa shape index (κ3) is 3.99. The fourth-order valence-corrected chi connectivity index (χ4v) is 5.44. The van der Waals surface area contributed by atoms with Crippen LogP contribution in [0.2, 0.25) is 0 Å². The molecule has 2 saturated heterocycles. The van der Waals surface area contributed by atoms with Crippen LogP contribution in [0, 0.1) is 17.7 Å². The first-order valence-electron chi connectivity index (χ1n) is 8.13. The van der Waals surface area contributed by atoms with E-state index in [1.807, 2.05) is 0 Å². The van der Waals surface area contributed by atoms with E-state index >= 15 is 0 Å². The first kappa shape index (κ1) is 21.4. The Labute approximate surface area is 159 Å². The number of nitrogens with one attached hydrogen (secondary N) is 2. The van der Waals surface area contributed by atoms with Gasteiger partial charge in [-0.2, -0.15) is 4.31 Å². The van der Waals surface area contributed by atoms with E-state index in [2.05, 4.69) is 10.0 Å². The summed E-state index contributed by atoms with van der Waals surface area (Å²) in [5, 5.41) is 2.51. The highest BCUT2D eigenvalue weighted by molar-refractivity contribution is 7.93. The Morgan fingerprint density at radius 1 is 1.15 bits per heavy atom. The summed E-state index contributed by atoms with van der Waals surface area (Å²) >= 11 is 0. The lowest BCUT2D eigenvalue weighted by molar-refractivity contribution is 0.447. The molecular weight excluding hydrogens is 405 g/mol. The fourth-order valence-electron chi connectivity index (χ4n) is 3.17. The molecule has 2 aliphatic rings. The number of anilines is 1. The van der Waals surface area contributed by atoms with E-state index in [1.165, 1.54) is 24.2 Å². The molecule has 2 atom stereocenters. The third-order valence-electron chi connectivity index (χ3n) is 4.81. The summed E-state index contributed by atoms with van der Waals surface area (Å²) in [7, 11) is -7.50. The summed E-state index contributed by atoms with van der Waals surface area (Å²) < 4.78 is 66.9. The summed E-state index contributed by atoms with van der Waals surface area (Å²) in [6.45, 7) is 5.37. The summed E-state index contributed by atoms with van der Waals surface area (Å²) in [6.07, 6.45) is 0. The van der Waals surface area contributed by atoms with Crippen molar-refractivity contribution in [2.45, 2.75) is 24.0 Å². The maximum atomic E-state index is 14.3. The van der Waals surface area contributed by atoms with Gasteiger partial charge in [0.15, 0.2) is 0 Å². The van der Waals surface area contributed by atoms with Crippen molar-refractivity contribution >= 4 is 38.1 Å². The number of sulfonamides is 2. The van der Waals surface area contributed by atoms with Crippen LogP contribution in [0.15, 0.2) is 23.1 Å². The second-order valence-corrected chi connectivity index (χ2v) is 11.0. The van der Waals surface area contributed by atoms with E-state index in [4.69, 9.17) is 0 Å². The topological polar surface area (TPSA) is 95.6 Å². The Morgan fingerprint density at radius 2 is 1.73 bits per heavy atom. The van der Waals surface area contributed by atoms with Crippen molar-refractivity contribution in [1.82, 2.24) is 9.62 Å². The van der Waals surface area contributed by atoms with E-state index < -0.39 is 31.1 Å². The molecule has 2 heterocycles. The number of rotatable bonds is 5. The lowest BCUT2D eigenvalue weighted by atomic mass is 10.0. The molecule has 1 aromatic rings. The zero-order chi connectivity index (χ0) is 18.4. The van der Waals surface area contributed by atoms with Crippen LogP contribution in [-0.2, 0) is 20.0 Å². The molecule has 0 spiro atoms. The van der Waals surface area contributed by atoms with E-state index in [9.17, 15) is 21.2 Å². The fraction of sp³-hybridized carbons (Fsp3) is 0.600. The molecule has 0 aliphatic carbocycles.